The first-order chi connectivity index (χ1) is 8.13. The molecule has 0 aliphatic heterocycles. The lowest BCUT2D eigenvalue weighted by Gasteiger charge is -2.08. The summed E-state index contributed by atoms with van der Waals surface area (Å²) in [5.74, 6) is 0.432. The third-order valence-corrected chi connectivity index (χ3v) is 2.78. The van der Waals surface area contributed by atoms with Crippen molar-refractivity contribution in [1.82, 2.24) is 5.32 Å². The van der Waals surface area contributed by atoms with Crippen LogP contribution < -0.4 is 10.1 Å². The number of ether oxygens (including phenoxy) is 1. The Morgan fingerprint density at radius 2 is 2.35 bits per heavy atom. The molecule has 0 aromatic heterocycles. The molecule has 0 bridgehead atoms. The third-order valence-electron chi connectivity index (χ3n) is 1.92. The average molecular weight is 319 g/mol. The molecule has 0 unspecified atom stereocenters. The van der Waals surface area contributed by atoms with Crippen molar-refractivity contribution in [3.8, 4) is 5.75 Å². The first-order valence-corrected chi connectivity index (χ1v) is 6.26. The molecule has 3 nitrogen and oxygen atoms in total. The van der Waals surface area contributed by atoms with Crippen LogP contribution >= 0.6 is 27.5 Å². The Kier molecular flexibility index (Phi) is 6.08. The van der Waals surface area contributed by atoms with Gasteiger partial charge in [0.1, 0.15) is 5.75 Å². The highest BCUT2D eigenvalue weighted by Crippen LogP contribution is 2.27. The fourth-order valence-electron chi connectivity index (χ4n) is 1.10. The highest BCUT2D eigenvalue weighted by atomic mass is 79.9. The van der Waals surface area contributed by atoms with E-state index in [1.807, 2.05) is 0 Å². The van der Waals surface area contributed by atoms with Crippen molar-refractivity contribution >= 4 is 33.4 Å². The molecule has 5 heteroatoms. The number of benzene rings is 1. The van der Waals surface area contributed by atoms with Crippen LogP contribution in [0.1, 0.15) is 6.42 Å². The number of nitrogens with one attached hydrogen (secondary N) is 1. The Hall–Kier alpha value is -1.000. The van der Waals surface area contributed by atoms with E-state index in [2.05, 4.69) is 27.8 Å². The number of hydrogen-bond acceptors (Lipinski definition) is 2. The third kappa shape index (κ3) is 5.24. The molecule has 0 aliphatic rings. The van der Waals surface area contributed by atoms with Gasteiger partial charge < -0.3 is 10.1 Å². The Morgan fingerprint density at radius 1 is 1.59 bits per heavy atom. The molecule has 0 atom stereocenters. The molecule has 0 fully saturated rings. The molecule has 0 saturated heterocycles. The topological polar surface area (TPSA) is 38.3 Å². The van der Waals surface area contributed by atoms with Crippen LogP contribution in [-0.2, 0) is 4.79 Å². The molecule has 17 heavy (non-hydrogen) atoms. The van der Waals surface area contributed by atoms with Gasteiger partial charge in [-0.2, -0.15) is 0 Å². The SMILES string of the molecule is C=CCCNC(=O)COc1ccc(Cl)cc1Br. The van der Waals surface area contributed by atoms with Gasteiger partial charge in [0.15, 0.2) is 6.61 Å². The van der Waals surface area contributed by atoms with Crippen molar-refractivity contribution in [2.75, 3.05) is 13.2 Å². The number of carbonyl (C=O) groups is 1. The Labute approximate surface area is 114 Å². The smallest absolute Gasteiger partial charge is 0.257 e. The van der Waals surface area contributed by atoms with Gasteiger partial charge >= 0.3 is 0 Å². The summed E-state index contributed by atoms with van der Waals surface area (Å²) in [6, 6.07) is 5.13. The number of carbonyl (C=O) groups excluding carboxylic acids is 1. The van der Waals surface area contributed by atoms with Crippen LogP contribution in [0.3, 0.4) is 0 Å². The minimum absolute atomic E-state index is 0.0165. The van der Waals surface area contributed by atoms with E-state index < -0.39 is 0 Å². The van der Waals surface area contributed by atoms with Crippen LogP contribution in [-0.4, -0.2) is 19.1 Å². The fourth-order valence-corrected chi connectivity index (χ4v) is 1.90. The number of rotatable bonds is 6. The summed E-state index contributed by atoms with van der Waals surface area (Å²) in [4.78, 5) is 11.4. The lowest BCUT2D eigenvalue weighted by molar-refractivity contribution is -0.123. The van der Waals surface area contributed by atoms with Gasteiger partial charge in [-0.25, -0.2) is 0 Å². The maximum absolute atomic E-state index is 11.4. The quantitative estimate of drug-likeness (QED) is 0.646. The van der Waals surface area contributed by atoms with Gasteiger partial charge in [0.05, 0.1) is 4.47 Å². The molecule has 0 heterocycles. The van der Waals surface area contributed by atoms with Crippen LogP contribution in [0.25, 0.3) is 0 Å². The Morgan fingerprint density at radius 3 is 3.00 bits per heavy atom. The van der Waals surface area contributed by atoms with Crippen molar-refractivity contribution in [3.05, 3.63) is 40.3 Å². The van der Waals surface area contributed by atoms with E-state index in [0.29, 0.717) is 17.3 Å². The second-order valence-electron chi connectivity index (χ2n) is 3.29. The van der Waals surface area contributed by atoms with E-state index in [-0.39, 0.29) is 12.5 Å². The summed E-state index contributed by atoms with van der Waals surface area (Å²) < 4.78 is 6.07. The molecular formula is C12H13BrClNO2. The van der Waals surface area contributed by atoms with Crippen molar-refractivity contribution < 1.29 is 9.53 Å². The molecule has 1 aromatic carbocycles. The fraction of sp³-hybridized carbons (Fsp3) is 0.250. The Bertz CT molecular complexity index is 409. The molecule has 1 rings (SSSR count). The first kappa shape index (κ1) is 14.1. The van der Waals surface area contributed by atoms with Gasteiger partial charge in [-0.05, 0) is 40.5 Å². The van der Waals surface area contributed by atoms with Crippen molar-refractivity contribution in [1.29, 1.82) is 0 Å². The first-order valence-electron chi connectivity index (χ1n) is 5.09. The number of hydrogen-bond donors (Lipinski definition) is 1. The minimum atomic E-state index is -0.159. The van der Waals surface area contributed by atoms with Crippen molar-refractivity contribution in [2.45, 2.75) is 6.42 Å². The van der Waals surface area contributed by atoms with Crippen LogP contribution in [0.5, 0.6) is 5.75 Å². The van der Waals surface area contributed by atoms with E-state index in [9.17, 15) is 4.79 Å². The highest BCUT2D eigenvalue weighted by Gasteiger charge is 2.05. The molecule has 0 aliphatic carbocycles. The summed E-state index contributed by atoms with van der Waals surface area (Å²) in [6.07, 6.45) is 2.49. The van der Waals surface area contributed by atoms with Crippen LogP contribution in [0.15, 0.2) is 35.3 Å². The maximum Gasteiger partial charge on any atom is 0.257 e. The second-order valence-corrected chi connectivity index (χ2v) is 4.58. The second kappa shape index (κ2) is 7.35. The van der Waals surface area contributed by atoms with E-state index in [0.717, 1.165) is 10.9 Å². The van der Waals surface area contributed by atoms with Crippen LogP contribution in [0.2, 0.25) is 5.02 Å². The van der Waals surface area contributed by atoms with E-state index in [4.69, 9.17) is 16.3 Å². The summed E-state index contributed by atoms with van der Waals surface area (Å²) in [7, 11) is 0. The predicted octanol–water partition coefficient (Wildman–Crippen LogP) is 3.17. The standard InChI is InChI=1S/C12H13BrClNO2/c1-2-3-6-15-12(16)8-17-11-5-4-9(14)7-10(11)13/h2,4-5,7H,1,3,6,8H2,(H,15,16). The van der Waals surface area contributed by atoms with Gasteiger partial charge in [-0.3, -0.25) is 4.79 Å². The summed E-state index contributed by atoms with van der Waals surface area (Å²) in [6.45, 7) is 4.13. The molecule has 0 radical (unpaired) electrons. The van der Waals surface area contributed by atoms with Crippen molar-refractivity contribution in [2.24, 2.45) is 0 Å². The monoisotopic (exact) mass is 317 g/mol. The zero-order valence-electron chi connectivity index (χ0n) is 9.21. The molecule has 0 spiro atoms. The Balaban J connectivity index is 2.39. The highest BCUT2D eigenvalue weighted by molar-refractivity contribution is 9.10. The normalized spacial score (nSPS) is 9.76. The average Bonchev–Trinajstić information content (AvgIpc) is 2.28. The zero-order valence-corrected chi connectivity index (χ0v) is 11.6. The number of halogens is 2. The minimum Gasteiger partial charge on any atom is -0.483 e. The predicted molar refractivity (Wildman–Crippen MR) is 72.5 cm³/mol. The lowest BCUT2D eigenvalue weighted by Crippen LogP contribution is -2.29. The molecule has 92 valence electrons. The van der Waals surface area contributed by atoms with Gasteiger partial charge in [0.25, 0.3) is 5.91 Å². The molecule has 1 N–H and O–H groups in total. The zero-order chi connectivity index (χ0) is 12.7. The van der Waals surface area contributed by atoms with E-state index in [1.165, 1.54) is 0 Å². The molecule has 1 amide bonds. The van der Waals surface area contributed by atoms with Gasteiger partial charge in [-0.15, -0.1) is 6.58 Å². The van der Waals surface area contributed by atoms with Crippen molar-refractivity contribution in [3.63, 3.8) is 0 Å². The largest absolute Gasteiger partial charge is 0.483 e. The van der Waals surface area contributed by atoms with Crippen LogP contribution in [0, 0.1) is 0 Å². The lowest BCUT2D eigenvalue weighted by atomic mass is 10.3. The summed E-state index contributed by atoms with van der Waals surface area (Å²) >= 11 is 9.10. The molecule has 1 aromatic rings. The van der Waals surface area contributed by atoms with E-state index in [1.54, 1.807) is 24.3 Å². The van der Waals surface area contributed by atoms with Gasteiger partial charge in [-0.1, -0.05) is 17.7 Å². The summed E-state index contributed by atoms with van der Waals surface area (Å²) in [5, 5.41) is 3.32. The molecular weight excluding hydrogens is 305 g/mol. The molecule has 0 saturated carbocycles. The van der Waals surface area contributed by atoms with E-state index >= 15 is 0 Å². The van der Waals surface area contributed by atoms with Crippen LogP contribution in [0.4, 0.5) is 0 Å². The summed E-state index contributed by atoms with van der Waals surface area (Å²) in [5.41, 5.74) is 0. The van der Waals surface area contributed by atoms with Gasteiger partial charge in [0.2, 0.25) is 0 Å². The van der Waals surface area contributed by atoms with Gasteiger partial charge in [0, 0.05) is 11.6 Å². The maximum atomic E-state index is 11.4. The number of amides is 1.